The average Bonchev–Trinajstić information content (AvgIpc) is 2.35. The van der Waals surface area contributed by atoms with Crippen LogP contribution in [0.15, 0.2) is 18.2 Å². The van der Waals surface area contributed by atoms with Crippen molar-refractivity contribution in [3.05, 3.63) is 34.6 Å². The van der Waals surface area contributed by atoms with E-state index in [1.807, 2.05) is 0 Å². The second-order valence-electron chi connectivity index (χ2n) is 6.62. The predicted molar refractivity (Wildman–Crippen MR) is 82.5 cm³/mol. The highest BCUT2D eigenvalue weighted by atomic mass is 35.5. The van der Waals surface area contributed by atoms with Crippen LogP contribution in [-0.2, 0) is 6.54 Å². The van der Waals surface area contributed by atoms with E-state index in [0.717, 1.165) is 13.1 Å². The lowest BCUT2D eigenvalue weighted by Gasteiger charge is -2.47. The van der Waals surface area contributed by atoms with Crippen molar-refractivity contribution >= 4 is 11.6 Å². The van der Waals surface area contributed by atoms with Crippen molar-refractivity contribution in [1.82, 2.24) is 10.2 Å². The van der Waals surface area contributed by atoms with E-state index in [1.54, 1.807) is 12.1 Å². The Morgan fingerprint density at radius 2 is 2.15 bits per heavy atom. The highest BCUT2D eigenvalue weighted by Gasteiger charge is 2.35. The van der Waals surface area contributed by atoms with Gasteiger partial charge in [-0.2, -0.15) is 0 Å². The molecule has 0 aromatic heterocycles. The molecule has 112 valence electrons. The maximum Gasteiger partial charge on any atom is 0.129 e. The molecule has 1 aromatic rings. The van der Waals surface area contributed by atoms with Gasteiger partial charge in [-0.3, -0.25) is 4.90 Å². The van der Waals surface area contributed by atoms with Crippen molar-refractivity contribution in [3.63, 3.8) is 0 Å². The summed E-state index contributed by atoms with van der Waals surface area (Å²) in [7, 11) is 0. The van der Waals surface area contributed by atoms with Gasteiger partial charge in [-0.15, -0.1) is 0 Å². The molecule has 20 heavy (non-hydrogen) atoms. The molecule has 2 nitrogen and oxygen atoms in total. The third-order valence-corrected chi connectivity index (χ3v) is 4.64. The molecule has 2 rings (SSSR count). The van der Waals surface area contributed by atoms with E-state index < -0.39 is 0 Å². The van der Waals surface area contributed by atoms with E-state index in [4.69, 9.17) is 11.6 Å². The fourth-order valence-electron chi connectivity index (χ4n) is 2.64. The first-order valence-electron chi connectivity index (χ1n) is 7.22. The van der Waals surface area contributed by atoms with Crippen LogP contribution in [0.5, 0.6) is 0 Å². The minimum Gasteiger partial charge on any atom is -0.311 e. The molecule has 1 N–H and O–H groups in total. The lowest BCUT2D eigenvalue weighted by Crippen LogP contribution is -2.62. The van der Waals surface area contributed by atoms with Crippen LogP contribution in [0.25, 0.3) is 0 Å². The number of nitrogens with zero attached hydrogens (tertiary/aromatic N) is 1. The zero-order valence-electron chi connectivity index (χ0n) is 12.7. The molecule has 0 radical (unpaired) electrons. The quantitative estimate of drug-likeness (QED) is 0.915. The molecule has 1 atom stereocenters. The number of nitrogens with one attached hydrogen (secondary N) is 1. The number of hydrogen-bond donors (Lipinski definition) is 1. The van der Waals surface area contributed by atoms with Crippen molar-refractivity contribution in [2.75, 3.05) is 13.1 Å². The van der Waals surface area contributed by atoms with Gasteiger partial charge in [0, 0.05) is 41.8 Å². The molecule has 0 spiro atoms. The number of hydrogen-bond acceptors (Lipinski definition) is 2. The van der Waals surface area contributed by atoms with Gasteiger partial charge in [0.15, 0.2) is 0 Å². The zero-order chi connectivity index (χ0) is 14.9. The number of rotatable bonds is 3. The molecular weight excluding hydrogens is 275 g/mol. The van der Waals surface area contributed by atoms with Crippen LogP contribution < -0.4 is 5.32 Å². The van der Waals surface area contributed by atoms with Gasteiger partial charge in [0.1, 0.15) is 5.82 Å². The summed E-state index contributed by atoms with van der Waals surface area (Å²) >= 11 is 6.16. The van der Waals surface area contributed by atoms with Gasteiger partial charge in [0.25, 0.3) is 0 Å². The van der Waals surface area contributed by atoms with Gasteiger partial charge in [0.2, 0.25) is 0 Å². The van der Waals surface area contributed by atoms with Gasteiger partial charge in [-0.05, 0) is 31.9 Å². The topological polar surface area (TPSA) is 15.3 Å². The molecule has 4 heteroatoms. The number of halogens is 2. The Labute approximate surface area is 126 Å². The summed E-state index contributed by atoms with van der Waals surface area (Å²) in [5.41, 5.74) is 0.600. The zero-order valence-corrected chi connectivity index (χ0v) is 13.5. The molecule has 1 unspecified atom stereocenters. The van der Waals surface area contributed by atoms with Gasteiger partial charge < -0.3 is 5.32 Å². The number of benzene rings is 1. The van der Waals surface area contributed by atoms with Crippen LogP contribution >= 0.6 is 11.6 Å². The highest BCUT2D eigenvalue weighted by Crippen LogP contribution is 2.27. The van der Waals surface area contributed by atoms with Crippen molar-refractivity contribution in [2.24, 2.45) is 5.92 Å². The largest absolute Gasteiger partial charge is 0.311 e. The van der Waals surface area contributed by atoms with Crippen molar-refractivity contribution < 1.29 is 4.39 Å². The van der Waals surface area contributed by atoms with Gasteiger partial charge >= 0.3 is 0 Å². The molecule has 1 aromatic carbocycles. The van der Waals surface area contributed by atoms with Crippen LogP contribution in [0, 0.1) is 11.7 Å². The SMILES string of the molecule is CC(C)C1CN(Cc2c(F)cccc2Cl)C(C)(C)CN1. The molecule has 1 saturated heterocycles. The van der Waals surface area contributed by atoms with Crippen LogP contribution in [0.4, 0.5) is 4.39 Å². The minimum atomic E-state index is -0.215. The molecule has 1 fully saturated rings. The van der Waals surface area contributed by atoms with Crippen molar-refractivity contribution in [1.29, 1.82) is 0 Å². The summed E-state index contributed by atoms with van der Waals surface area (Å²) in [4.78, 5) is 2.33. The Kier molecular flexibility index (Phi) is 4.73. The maximum atomic E-state index is 14.0. The monoisotopic (exact) mass is 298 g/mol. The van der Waals surface area contributed by atoms with E-state index in [0.29, 0.717) is 29.1 Å². The standard InChI is InChI=1S/C16H24ClFN2/c1-11(2)15-9-20(16(3,4)10-19-15)8-12-13(17)6-5-7-14(12)18/h5-7,11,15,19H,8-10H2,1-4H3. The Balaban J connectivity index is 2.20. The molecule has 0 bridgehead atoms. The molecule has 0 aliphatic carbocycles. The first-order valence-corrected chi connectivity index (χ1v) is 7.60. The van der Waals surface area contributed by atoms with Crippen LogP contribution in [0.2, 0.25) is 5.02 Å². The van der Waals surface area contributed by atoms with E-state index in [1.165, 1.54) is 6.07 Å². The van der Waals surface area contributed by atoms with Crippen molar-refractivity contribution in [2.45, 2.75) is 45.8 Å². The van der Waals surface area contributed by atoms with Gasteiger partial charge in [0.05, 0.1) is 0 Å². The van der Waals surface area contributed by atoms with Crippen LogP contribution in [0.1, 0.15) is 33.3 Å². The lowest BCUT2D eigenvalue weighted by atomic mass is 9.92. The summed E-state index contributed by atoms with van der Waals surface area (Å²) in [5.74, 6) is 0.345. The second kappa shape index (κ2) is 6.00. The molecule has 0 amide bonds. The van der Waals surface area contributed by atoms with Crippen LogP contribution in [0.3, 0.4) is 0 Å². The second-order valence-corrected chi connectivity index (χ2v) is 7.03. The molecule has 0 saturated carbocycles. The Bertz CT molecular complexity index is 453. The van der Waals surface area contributed by atoms with Crippen LogP contribution in [-0.4, -0.2) is 29.6 Å². The van der Waals surface area contributed by atoms with E-state index >= 15 is 0 Å². The molecule has 1 aliphatic heterocycles. The Morgan fingerprint density at radius 3 is 2.75 bits per heavy atom. The summed E-state index contributed by atoms with van der Waals surface area (Å²) < 4.78 is 14.0. The predicted octanol–water partition coefficient (Wildman–Crippen LogP) is 3.69. The van der Waals surface area contributed by atoms with E-state index in [2.05, 4.69) is 37.9 Å². The molecule has 1 heterocycles. The summed E-state index contributed by atoms with van der Waals surface area (Å²) in [6, 6.07) is 5.33. The Morgan fingerprint density at radius 1 is 1.45 bits per heavy atom. The van der Waals surface area contributed by atoms with Gasteiger partial charge in [-0.25, -0.2) is 4.39 Å². The average molecular weight is 299 g/mol. The van der Waals surface area contributed by atoms with Crippen molar-refractivity contribution in [3.8, 4) is 0 Å². The van der Waals surface area contributed by atoms with E-state index in [-0.39, 0.29) is 11.4 Å². The normalized spacial score (nSPS) is 23.2. The fraction of sp³-hybridized carbons (Fsp3) is 0.625. The minimum absolute atomic E-state index is 0.00298. The Hall–Kier alpha value is -0.640. The summed E-state index contributed by atoms with van der Waals surface area (Å²) in [6.07, 6.45) is 0. The molecular formula is C16H24ClFN2. The lowest BCUT2D eigenvalue weighted by molar-refractivity contribution is 0.0466. The summed E-state index contributed by atoms with van der Waals surface area (Å²) in [5, 5.41) is 4.10. The smallest absolute Gasteiger partial charge is 0.129 e. The van der Waals surface area contributed by atoms with Gasteiger partial charge in [-0.1, -0.05) is 31.5 Å². The first kappa shape index (κ1) is 15.7. The third-order valence-electron chi connectivity index (χ3n) is 4.29. The summed E-state index contributed by atoms with van der Waals surface area (Å²) in [6.45, 7) is 11.2. The molecule has 1 aliphatic rings. The first-order chi connectivity index (χ1) is 9.31. The highest BCUT2D eigenvalue weighted by molar-refractivity contribution is 6.31. The number of piperazine rings is 1. The maximum absolute atomic E-state index is 14.0. The van der Waals surface area contributed by atoms with E-state index in [9.17, 15) is 4.39 Å². The third kappa shape index (κ3) is 3.33. The fourth-order valence-corrected chi connectivity index (χ4v) is 2.86.